The van der Waals surface area contributed by atoms with Crippen molar-refractivity contribution in [2.75, 3.05) is 6.54 Å². The number of carbonyl (C=O) groups excluding carboxylic acids is 1. The van der Waals surface area contributed by atoms with Crippen LogP contribution >= 0.6 is 23.2 Å². The fourth-order valence-corrected chi connectivity index (χ4v) is 3.67. The zero-order chi connectivity index (χ0) is 20.2. The minimum Gasteiger partial charge on any atom is -0.337 e. The van der Waals surface area contributed by atoms with Gasteiger partial charge >= 0.3 is 0 Å². The van der Waals surface area contributed by atoms with Gasteiger partial charge in [0.1, 0.15) is 11.9 Å². The third kappa shape index (κ3) is 5.20. The normalized spacial score (nSPS) is 12.4. The molecule has 2 aromatic rings. The molecule has 27 heavy (non-hydrogen) atoms. The topological polar surface area (TPSA) is 117 Å². The Labute approximate surface area is 167 Å². The molecule has 1 atom stereocenters. The molecule has 2 rings (SSSR count). The monoisotopic (exact) mass is 429 g/mol. The Bertz CT molecular complexity index is 978. The van der Waals surface area contributed by atoms with E-state index in [0.717, 1.165) is 0 Å². The van der Waals surface area contributed by atoms with E-state index in [9.17, 15) is 18.5 Å². The molecule has 1 heterocycles. The van der Waals surface area contributed by atoms with Crippen molar-refractivity contribution < 1.29 is 13.2 Å². The molecule has 0 saturated heterocycles. The number of aryl methyl sites for hydroxylation is 2. The second-order valence-corrected chi connectivity index (χ2v) is 8.16. The summed E-state index contributed by atoms with van der Waals surface area (Å²) in [6, 6.07) is 5.69. The minimum atomic E-state index is -3.82. The molecule has 0 radical (unpaired) electrons. The smallest absolute Gasteiger partial charge is 0.259 e. The van der Waals surface area contributed by atoms with Gasteiger partial charge in [-0.2, -0.15) is 5.26 Å². The number of nitrogens with zero attached hydrogens (tertiary/aromatic N) is 3. The Morgan fingerprint density at radius 1 is 1.41 bits per heavy atom. The molecule has 0 aliphatic carbocycles. The third-order valence-electron chi connectivity index (χ3n) is 3.73. The van der Waals surface area contributed by atoms with E-state index < -0.39 is 22.0 Å². The Hall–Kier alpha value is -2.12. The fraction of sp³-hybridized carbons (Fsp3) is 0.312. The quantitative estimate of drug-likeness (QED) is 0.698. The molecule has 144 valence electrons. The standard InChI is InChI=1S/C16H17Cl2N5O3S/c1-10-21-15(9-23(10)2)27(25,26)20-7-6-14(24)22-13(8-19)11-4-3-5-12(17)16(11)18/h3-5,9,13,20H,6-7H2,1-2H3,(H,22,24). The van der Waals surface area contributed by atoms with Crippen LogP contribution in [0.25, 0.3) is 0 Å². The molecular weight excluding hydrogens is 413 g/mol. The number of imidazole rings is 1. The van der Waals surface area contributed by atoms with Crippen LogP contribution in [-0.2, 0) is 21.9 Å². The Morgan fingerprint density at radius 2 is 2.11 bits per heavy atom. The maximum absolute atomic E-state index is 12.2. The number of benzene rings is 1. The lowest BCUT2D eigenvalue weighted by molar-refractivity contribution is -0.121. The molecule has 0 fully saturated rings. The largest absolute Gasteiger partial charge is 0.337 e. The molecule has 1 unspecified atom stereocenters. The van der Waals surface area contributed by atoms with Crippen LogP contribution in [0.4, 0.5) is 0 Å². The van der Waals surface area contributed by atoms with Crippen molar-refractivity contribution >= 4 is 39.1 Å². The molecule has 0 aliphatic heterocycles. The molecule has 0 spiro atoms. The number of halogens is 2. The first-order chi connectivity index (χ1) is 12.7. The van der Waals surface area contributed by atoms with Crippen LogP contribution in [0.15, 0.2) is 29.4 Å². The molecule has 2 N–H and O–H groups in total. The van der Waals surface area contributed by atoms with Gasteiger partial charge in [-0.3, -0.25) is 4.79 Å². The van der Waals surface area contributed by atoms with Gasteiger partial charge < -0.3 is 9.88 Å². The van der Waals surface area contributed by atoms with Gasteiger partial charge in [0.2, 0.25) is 5.91 Å². The molecule has 0 aliphatic rings. The fourth-order valence-electron chi connectivity index (χ4n) is 2.18. The van der Waals surface area contributed by atoms with Crippen LogP contribution in [0.3, 0.4) is 0 Å². The average molecular weight is 430 g/mol. The van der Waals surface area contributed by atoms with Gasteiger partial charge in [0.25, 0.3) is 10.0 Å². The summed E-state index contributed by atoms with van der Waals surface area (Å²) >= 11 is 12.0. The number of aromatic nitrogens is 2. The summed E-state index contributed by atoms with van der Waals surface area (Å²) in [5, 5.41) is 12.1. The van der Waals surface area contributed by atoms with Crippen LogP contribution in [-0.4, -0.2) is 30.4 Å². The van der Waals surface area contributed by atoms with Crippen molar-refractivity contribution in [2.24, 2.45) is 7.05 Å². The Morgan fingerprint density at radius 3 is 2.70 bits per heavy atom. The number of sulfonamides is 1. The van der Waals surface area contributed by atoms with E-state index in [0.29, 0.717) is 11.4 Å². The highest BCUT2D eigenvalue weighted by atomic mass is 35.5. The number of nitriles is 1. The van der Waals surface area contributed by atoms with Crippen LogP contribution in [0, 0.1) is 18.3 Å². The van der Waals surface area contributed by atoms with E-state index in [1.807, 2.05) is 6.07 Å². The van der Waals surface area contributed by atoms with E-state index in [-0.39, 0.29) is 28.0 Å². The van der Waals surface area contributed by atoms with Crippen molar-refractivity contribution in [2.45, 2.75) is 24.4 Å². The van der Waals surface area contributed by atoms with Gasteiger partial charge in [0, 0.05) is 31.8 Å². The summed E-state index contributed by atoms with van der Waals surface area (Å²) in [7, 11) is -2.14. The van der Waals surface area contributed by atoms with Crippen molar-refractivity contribution in [3.8, 4) is 6.07 Å². The van der Waals surface area contributed by atoms with E-state index in [4.69, 9.17) is 23.2 Å². The first kappa shape index (κ1) is 21.2. The highest BCUT2D eigenvalue weighted by molar-refractivity contribution is 7.89. The van der Waals surface area contributed by atoms with Gasteiger partial charge in [-0.05, 0) is 13.0 Å². The van der Waals surface area contributed by atoms with Gasteiger partial charge in [-0.1, -0.05) is 35.3 Å². The van der Waals surface area contributed by atoms with Crippen LogP contribution in [0.5, 0.6) is 0 Å². The van der Waals surface area contributed by atoms with Crippen LogP contribution in [0.1, 0.15) is 23.9 Å². The lowest BCUT2D eigenvalue weighted by Crippen LogP contribution is -2.32. The highest BCUT2D eigenvalue weighted by Gasteiger charge is 2.20. The highest BCUT2D eigenvalue weighted by Crippen LogP contribution is 2.29. The number of rotatable bonds is 7. The van der Waals surface area contributed by atoms with Crippen LogP contribution in [0.2, 0.25) is 10.0 Å². The second-order valence-electron chi connectivity index (χ2n) is 5.66. The summed E-state index contributed by atoms with van der Waals surface area (Å²) in [4.78, 5) is 16.0. The molecule has 11 heteroatoms. The van der Waals surface area contributed by atoms with Crippen molar-refractivity contribution in [1.82, 2.24) is 19.6 Å². The first-order valence-electron chi connectivity index (χ1n) is 7.78. The van der Waals surface area contributed by atoms with E-state index in [1.54, 1.807) is 36.7 Å². The van der Waals surface area contributed by atoms with Gasteiger partial charge in [0.15, 0.2) is 5.03 Å². The Balaban J connectivity index is 1.95. The predicted molar refractivity (Wildman–Crippen MR) is 101 cm³/mol. The number of nitrogens with one attached hydrogen (secondary N) is 2. The minimum absolute atomic E-state index is 0.122. The van der Waals surface area contributed by atoms with Gasteiger partial charge in [0.05, 0.1) is 16.1 Å². The Kier molecular flexibility index (Phi) is 6.84. The molecular formula is C16H17Cl2N5O3S. The summed E-state index contributed by atoms with van der Waals surface area (Å²) in [5.74, 6) is 0.0286. The number of hydrogen-bond acceptors (Lipinski definition) is 5. The zero-order valence-corrected chi connectivity index (χ0v) is 16.9. The molecule has 1 amide bonds. The SMILES string of the molecule is Cc1nc(S(=O)(=O)NCCC(=O)NC(C#N)c2cccc(Cl)c2Cl)cn1C. The maximum atomic E-state index is 12.2. The average Bonchev–Trinajstić information content (AvgIpc) is 2.95. The van der Waals surface area contributed by atoms with Crippen LogP contribution < -0.4 is 10.0 Å². The van der Waals surface area contributed by atoms with E-state index in [2.05, 4.69) is 15.0 Å². The summed E-state index contributed by atoms with van der Waals surface area (Å²) in [6.45, 7) is 1.53. The lowest BCUT2D eigenvalue weighted by atomic mass is 10.1. The number of hydrogen-bond donors (Lipinski definition) is 2. The first-order valence-corrected chi connectivity index (χ1v) is 10.0. The molecule has 8 nitrogen and oxygen atoms in total. The summed E-state index contributed by atoms with van der Waals surface area (Å²) < 4.78 is 28.2. The van der Waals surface area contributed by atoms with E-state index in [1.165, 1.54) is 6.20 Å². The second kappa shape index (κ2) is 8.71. The molecule has 0 saturated carbocycles. The number of amides is 1. The maximum Gasteiger partial charge on any atom is 0.259 e. The van der Waals surface area contributed by atoms with Crippen molar-refractivity contribution in [1.29, 1.82) is 5.26 Å². The molecule has 1 aromatic heterocycles. The number of carbonyl (C=O) groups is 1. The van der Waals surface area contributed by atoms with Crippen molar-refractivity contribution in [3.63, 3.8) is 0 Å². The molecule has 0 bridgehead atoms. The third-order valence-corrected chi connectivity index (χ3v) is 5.90. The predicted octanol–water partition coefficient (Wildman–Crippen LogP) is 2.08. The zero-order valence-electron chi connectivity index (χ0n) is 14.5. The van der Waals surface area contributed by atoms with Gasteiger partial charge in [-0.15, -0.1) is 0 Å². The van der Waals surface area contributed by atoms with E-state index >= 15 is 0 Å². The summed E-state index contributed by atoms with van der Waals surface area (Å²) in [6.07, 6.45) is 1.21. The van der Waals surface area contributed by atoms with Crippen molar-refractivity contribution in [3.05, 3.63) is 45.8 Å². The lowest BCUT2D eigenvalue weighted by Gasteiger charge is -2.14. The van der Waals surface area contributed by atoms with Gasteiger partial charge in [-0.25, -0.2) is 18.1 Å². The molecule has 1 aromatic carbocycles. The summed E-state index contributed by atoms with van der Waals surface area (Å²) in [5.41, 5.74) is 0.365.